The van der Waals surface area contributed by atoms with Gasteiger partial charge in [-0.05, 0) is 42.6 Å². The molecule has 0 aliphatic carbocycles. The molecule has 0 aliphatic heterocycles. The number of carbonyl (C=O) groups is 1. The summed E-state index contributed by atoms with van der Waals surface area (Å²) in [5.74, 6) is 1.15. The molecule has 2 rings (SSSR count). The Kier molecular flexibility index (Phi) is 6.56. The summed E-state index contributed by atoms with van der Waals surface area (Å²) in [6.45, 7) is 5.28. The van der Waals surface area contributed by atoms with Crippen LogP contribution in [0.15, 0.2) is 28.8 Å². The molecule has 0 fully saturated rings. The first-order chi connectivity index (χ1) is 11.8. The third-order valence-corrected chi connectivity index (χ3v) is 4.25. The Morgan fingerprint density at radius 2 is 2.00 bits per heavy atom. The topological polar surface area (TPSA) is 85.2 Å². The van der Waals surface area contributed by atoms with Crippen LogP contribution < -0.4 is 5.73 Å². The number of aryl methyl sites for hydroxylation is 1. The molecular formula is C18H25ClN4O2. The first-order valence-electron chi connectivity index (χ1n) is 8.33. The average Bonchev–Trinajstić information content (AvgIpc) is 3.04. The fourth-order valence-electron chi connectivity index (χ4n) is 2.45. The van der Waals surface area contributed by atoms with Gasteiger partial charge < -0.3 is 15.2 Å². The Bertz CT molecular complexity index is 697. The first-order valence-corrected chi connectivity index (χ1v) is 8.71. The Labute approximate surface area is 153 Å². The Morgan fingerprint density at radius 1 is 1.32 bits per heavy atom. The lowest BCUT2D eigenvalue weighted by Crippen LogP contribution is -2.39. The third kappa shape index (κ3) is 5.83. The molecule has 1 aromatic carbocycles. The maximum atomic E-state index is 12.2. The second-order valence-corrected chi connectivity index (χ2v) is 7.43. The Hall–Kier alpha value is -1.92. The molecule has 0 radical (unpaired) electrons. The lowest BCUT2D eigenvalue weighted by atomic mass is 9.93. The van der Waals surface area contributed by atoms with E-state index < -0.39 is 0 Å². The molecule has 25 heavy (non-hydrogen) atoms. The van der Waals surface area contributed by atoms with Gasteiger partial charge in [0.2, 0.25) is 17.6 Å². The summed E-state index contributed by atoms with van der Waals surface area (Å²) in [6.07, 6.45) is 1.67. The van der Waals surface area contributed by atoms with E-state index in [9.17, 15) is 4.79 Å². The number of amides is 1. The molecule has 2 N–H and O–H groups in total. The van der Waals surface area contributed by atoms with Gasteiger partial charge in [-0.3, -0.25) is 4.79 Å². The highest BCUT2D eigenvalue weighted by Crippen LogP contribution is 2.19. The number of nitrogens with two attached hydrogens (primary N) is 1. The van der Waals surface area contributed by atoms with Gasteiger partial charge in [-0.1, -0.05) is 30.6 Å². The number of halogens is 1. The molecule has 0 unspecified atom stereocenters. The van der Waals surface area contributed by atoms with Crippen molar-refractivity contribution in [2.24, 2.45) is 11.1 Å². The van der Waals surface area contributed by atoms with Gasteiger partial charge >= 0.3 is 0 Å². The van der Waals surface area contributed by atoms with Crippen molar-refractivity contribution in [1.29, 1.82) is 0 Å². The molecule has 7 heteroatoms. The van der Waals surface area contributed by atoms with E-state index in [2.05, 4.69) is 10.1 Å². The van der Waals surface area contributed by atoms with Crippen LogP contribution in [0.2, 0.25) is 5.02 Å². The summed E-state index contributed by atoms with van der Waals surface area (Å²) >= 11 is 5.87. The van der Waals surface area contributed by atoms with Crippen LogP contribution in [0, 0.1) is 5.41 Å². The molecule has 1 amide bonds. The molecule has 6 nitrogen and oxygen atoms in total. The average molecular weight is 365 g/mol. The number of benzene rings is 1. The SMILES string of the molecule is CN(CC(C)(C)CN)C(=O)CCCc1nc(-c2ccc(Cl)cc2)no1. The van der Waals surface area contributed by atoms with Gasteiger partial charge in [-0.25, -0.2) is 0 Å². The molecule has 0 spiro atoms. The number of aromatic nitrogens is 2. The molecule has 0 bridgehead atoms. The highest BCUT2D eigenvalue weighted by molar-refractivity contribution is 6.30. The highest BCUT2D eigenvalue weighted by Gasteiger charge is 2.21. The standard InChI is InChI=1S/C18H25ClN4O2/c1-18(2,11-20)12-23(3)16(24)6-4-5-15-21-17(22-25-15)13-7-9-14(19)10-8-13/h7-10H,4-6,11-12,20H2,1-3H3. The van der Waals surface area contributed by atoms with Crippen molar-refractivity contribution in [2.75, 3.05) is 20.1 Å². The van der Waals surface area contributed by atoms with E-state index in [-0.39, 0.29) is 11.3 Å². The minimum absolute atomic E-state index is 0.0790. The maximum Gasteiger partial charge on any atom is 0.226 e. The number of rotatable bonds is 8. The van der Waals surface area contributed by atoms with E-state index in [0.717, 1.165) is 5.56 Å². The van der Waals surface area contributed by atoms with Crippen LogP contribution in [0.1, 0.15) is 32.6 Å². The fourth-order valence-corrected chi connectivity index (χ4v) is 2.58. The molecule has 1 aromatic heterocycles. The molecule has 0 aliphatic rings. The molecule has 0 saturated heterocycles. The van der Waals surface area contributed by atoms with Crippen molar-refractivity contribution in [3.8, 4) is 11.4 Å². The lowest BCUT2D eigenvalue weighted by Gasteiger charge is -2.29. The zero-order valence-corrected chi connectivity index (χ0v) is 15.7. The van der Waals surface area contributed by atoms with Crippen LogP contribution in [0.3, 0.4) is 0 Å². The van der Waals surface area contributed by atoms with Crippen LogP contribution in [0.5, 0.6) is 0 Å². The molecule has 0 atom stereocenters. The molecular weight excluding hydrogens is 340 g/mol. The van der Waals surface area contributed by atoms with Crippen molar-refractivity contribution < 1.29 is 9.32 Å². The molecule has 136 valence electrons. The summed E-state index contributed by atoms with van der Waals surface area (Å²) in [5, 5.41) is 4.63. The van der Waals surface area contributed by atoms with Gasteiger partial charge in [0.05, 0.1) is 0 Å². The summed E-state index contributed by atoms with van der Waals surface area (Å²) in [7, 11) is 1.81. The fraction of sp³-hybridized carbons (Fsp3) is 0.500. The summed E-state index contributed by atoms with van der Waals surface area (Å²) in [5.41, 5.74) is 6.48. The van der Waals surface area contributed by atoms with E-state index >= 15 is 0 Å². The smallest absolute Gasteiger partial charge is 0.226 e. The zero-order valence-electron chi connectivity index (χ0n) is 15.0. The van der Waals surface area contributed by atoms with Crippen LogP contribution >= 0.6 is 11.6 Å². The van der Waals surface area contributed by atoms with Crippen molar-refractivity contribution in [2.45, 2.75) is 33.1 Å². The van der Waals surface area contributed by atoms with Gasteiger partial charge in [0.15, 0.2) is 0 Å². The summed E-state index contributed by atoms with van der Waals surface area (Å²) < 4.78 is 5.25. The Morgan fingerprint density at radius 3 is 2.64 bits per heavy atom. The van der Waals surface area contributed by atoms with E-state index in [1.165, 1.54) is 0 Å². The first kappa shape index (κ1) is 19.4. The maximum absolute atomic E-state index is 12.2. The predicted octanol–water partition coefficient (Wildman–Crippen LogP) is 3.16. The van der Waals surface area contributed by atoms with E-state index in [0.29, 0.717) is 49.1 Å². The zero-order chi connectivity index (χ0) is 18.4. The van der Waals surface area contributed by atoms with Gasteiger partial charge in [-0.2, -0.15) is 4.98 Å². The number of hydrogen-bond donors (Lipinski definition) is 1. The van der Waals surface area contributed by atoms with Crippen LogP contribution in [0.4, 0.5) is 0 Å². The summed E-state index contributed by atoms with van der Waals surface area (Å²) in [4.78, 5) is 18.3. The van der Waals surface area contributed by atoms with E-state index in [1.54, 1.807) is 17.0 Å². The minimum atomic E-state index is -0.0790. The highest BCUT2D eigenvalue weighted by atomic mass is 35.5. The second kappa shape index (κ2) is 8.45. The minimum Gasteiger partial charge on any atom is -0.345 e. The number of nitrogens with zero attached hydrogens (tertiary/aromatic N) is 3. The summed E-state index contributed by atoms with van der Waals surface area (Å²) in [6, 6.07) is 7.25. The van der Waals surface area contributed by atoms with Crippen molar-refractivity contribution in [1.82, 2.24) is 15.0 Å². The monoisotopic (exact) mass is 364 g/mol. The lowest BCUT2D eigenvalue weighted by molar-refractivity contribution is -0.131. The van der Waals surface area contributed by atoms with Gasteiger partial charge in [0.1, 0.15) is 0 Å². The molecule has 2 aromatic rings. The van der Waals surface area contributed by atoms with E-state index in [4.69, 9.17) is 21.9 Å². The van der Waals surface area contributed by atoms with E-state index in [1.807, 2.05) is 33.0 Å². The molecule has 0 saturated carbocycles. The van der Waals surface area contributed by atoms with Gasteiger partial charge in [-0.15, -0.1) is 0 Å². The second-order valence-electron chi connectivity index (χ2n) is 6.99. The van der Waals surface area contributed by atoms with Crippen molar-refractivity contribution >= 4 is 17.5 Å². The van der Waals surface area contributed by atoms with Crippen molar-refractivity contribution in [3.63, 3.8) is 0 Å². The van der Waals surface area contributed by atoms with Gasteiger partial charge in [0.25, 0.3) is 0 Å². The molecule has 1 heterocycles. The number of hydrogen-bond acceptors (Lipinski definition) is 5. The quantitative estimate of drug-likeness (QED) is 0.777. The van der Waals surface area contributed by atoms with Gasteiger partial charge in [0, 0.05) is 37.0 Å². The Balaban J connectivity index is 1.82. The largest absolute Gasteiger partial charge is 0.345 e. The normalized spacial score (nSPS) is 11.6. The van der Waals surface area contributed by atoms with Crippen LogP contribution in [-0.2, 0) is 11.2 Å². The van der Waals surface area contributed by atoms with Crippen molar-refractivity contribution in [3.05, 3.63) is 35.2 Å². The number of carbonyl (C=O) groups excluding carboxylic acids is 1. The van der Waals surface area contributed by atoms with Crippen LogP contribution in [-0.4, -0.2) is 41.1 Å². The third-order valence-electron chi connectivity index (χ3n) is 4.00. The van der Waals surface area contributed by atoms with Crippen LogP contribution in [0.25, 0.3) is 11.4 Å². The predicted molar refractivity (Wildman–Crippen MR) is 98.2 cm³/mol.